The fourth-order valence-corrected chi connectivity index (χ4v) is 2.86. The Kier molecular flexibility index (Phi) is 6.00. The molecule has 1 aliphatic heterocycles. The maximum atomic E-state index is 5.43. The summed E-state index contributed by atoms with van der Waals surface area (Å²) in [5.41, 5.74) is 2.54. The van der Waals surface area contributed by atoms with Crippen LogP contribution in [0, 0.1) is 12.8 Å². The van der Waals surface area contributed by atoms with E-state index in [0.717, 1.165) is 44.8 Å². The van der Waals surface area contributed by atoms with Crippen LogP contribution >= 0.6 is 0 Å². The summed E-state index contributed by atoms with van der Waals surface area (Å²) in [6.07, 6.45) is 4.61. The topological polar surface area (TPSA) is 37.4 Å². The molecule has 4 nitrogen and oxygen atoms in total. The summed E-state index contributed by atoms with van der Waals surface area (Å²) >= 11 is 0. The summed E-state index contributed by atoms with van der Waals surface area (Å²) in [5, 5.41) is 3.47. The lowest BCUT2D eigenvalue weighted by Gasteiger charge is -2.33. The van der Waals surface area contributed by atoms with Crippen molar-refractivity contribution in [2.24, 2.45) is 5.92 Å². The molecule has 1 aromatic heterocycles. The van der Waals surface area contributed by atoms with Crippen molar-refractivity contribution in [3.8, 4) is 0 Å². The Morgan fingerprint density at radius 1 is 1.38 bits per heavy atom. The van der Waals surface area contributed by atoms with E-state index >= 15 is 0 Å². The number of aromatic nitrogens is 1. The predicted molar refractivity (Wildman–Crippen MR) is 87.8 cm³/mol. The molecule has 0 saturated carbocycles. The monoisotopic (exact) mass is 291 g/mol. The minimum Gasteiger partial charge on any atom is -0.381 e. The first-order valence-corrected chi connectivity index (χ1v) is 8.04. The Morgan fingerprint density at radius 2 is 2.10 bits per heavy atom. The molecular weight excluding hydrogens is 262 g/mol. The van der Waals surface area contributed by atoms with E-state index in [2.05, 4.69) is 37.1 Å². The molecule has 1 aliphatic rings. The Balaban J connectivity index is 1.93. The van der Waals surface area contributed by atoms with Crippen molar-refractivity contribution >= 4 is 5.82 Å². The summed E-state index contributed by atoms with van der Waals surface area (Å²) < 4.78 is 5.43. The van der Waals surface area contributed by atoms with Crippen LogP contribution in [0.3, 0.4) is 0 Å². The zero-order chi connectivity index (χ0) is 15.2. The summed E-state index contributed by atoms with van der Waals surface area (Å²) in [4.78, 5) is 7.08. The van der Waals surface area contributed by atoms with Gasteiger partial charge in [0, 0.05) is 32.9 Å². The number of pyridine rings is 1. The van der Waals surface area contributed by atoms with Crippen molar-refractivity contribution in [3.63, 3.8) is 0 Å². The molecule has 0 spiro atoms. The lowest BCUT2D eigenvalue weighted by atomic mass is 10.1. The van der Waals surface area contributed by atoms with Gasteiger partial charge in [0.1, 0.15) is 5.82 Å². The smallest absolute Gasteiger partial charge is 0.131 e. The third-order valence-electron chi connectivity index (χ3n) is 4.06. The molecule has 118 valence electrons. The third kappa shape index (κ3) is 4.68. The SMILES string of the molecule is COC1CCN(c2ncc(CNCC(C)C)cc2C)CC1. The molecular formula is C17H29N3O. The van der Waals surface area contributed by atoms with Crippen LogP contribution in [0.5, 0.6) is 0 Å². The Bertz CT molecular complexity index is 440. The van der Waals surface area contributed by atoms with Gasteiger partial charge in [-0.1, -0.05) is 13.8 Å². The van der Waals surface area contributed by atoms with Gasteiger partial charge in [-0.3, -0.25) is 0 Å². The van der Waals surface area contributed by atoms with E-state index in [1.807, 2.05) is 13.3 Å². The van der Waals surface area contributed by atoms with Crippen molar-refractivity contribution in [2.45, 2.75) is 46.3 Å². The molecule has 2 heterocycles. The van der Waals surface area contributed by atoms with Crippen LogP contribution in [0.25, 0.3) is 0 Å². The number of ether oxygens (including phenoxy) is 1. The normalized spacial score (nSPS) is 16.7. The molecule has 1 fully saturated rings. The Morgan fingerprint density at radius 3 is 2.67 bits per heavy atom. The molecule has 2 rings (SSSR count). The standard InChI is InChI=1S/C17H29N3O/c1-13(2)10-18-11-15-9-14(3)17(19-12-15)20-7-5-16(21-4)6-8-20/h9,12-13,16,18H,5-8,10-11H2,1-4H3. The largest absolute Gasteiger partial charge is 0.381 e. The number of nitrogens with zero attached hydrogens (tertiary/aromatic N) is 2. The van der Waals surface area contributed by atoms with Crippen molar-refractivity contribution < 1.29 is 4.74 Å². The number of piperidine rings is 1. The van der Waals surface area contributed by atoms with Crippen molar-refractivity contribution in [1.82, 2.24) is 10.3 Å². The molecule has 0 aromatic carbocycles. The zero-order valence-electron chi connectivity index (χ0n) is 13.9. The van der Waals surface area contributed by atoms with Gasteiger partial charge in [-0.25, -0.2) is 4.98 Å². The first-order chi connectivity index (χ1) is 10.1. The number of aryl methyl sites for hydroxylation is 1. The van der Waals surface area contributed by atoms with Gasteiger partial charge in [0.25, 0.3) is 0 Å². The van der Waals surface area contributed by atoms with Gasteiger partial charge >= 0.3 is 0 Å². The van der Waals surface area contributed by atoms with Crippen LogP contribution in [-0.4, -0.2) is 37.8 Å². The van der Waals surface area contributed by atoms with Gasteiger partial charge in [0.05, 0.1) is 6.10 Å². The number of hydrogen-bond acceptors (Lipinski definition) is 4. The summed E-state index contributed by atoms with van der Waals surface area (Å²) in [6.45, 7) is 10.6. The molecule has 0 atom stereocenters. The molecule has 21 heavy (non-hydrogen) atoms. The van der Waals surface area contributed by atoms with Crippen LogP contribution < -0.4 is 10.2 Å². The summed E-state index contributed by atoms with van der Waals surface area (Å²) in [5.74, 6) is 1.82. The minimum absolute atomic E-state index is 0.418. The Labute approximate surface area is 128 Å². The highest BCUT2D eigenvalue weighted by molar-refractivity contribution is 5.47. The first-order valence-electron chi connectivity index (χ1n) is 8.04. The van der Waals surface area contributed by atoms with Gasteiger partial charge in [0.15, 0.2) is 0 Å². The second-order valence-electron chi connectivity index (χ2n) is 6.43. The van der Waals surface area contributed by atoms with Crippen molar-refractivity contribution in [3.05, 3.63) is 23.4 Å². The third-order valence-corrected chi connectivity index (χ3v) is 4.06. The number of hydrogen-bond donors (Lipinski definition) is 1. The maximum absolute atomic E-state index is 5.43. The fraction of sp³-hybridized carbons (Fsp3) is 0.706. The average Bonchev–Trinajstić information content (AvgIpc) is 2.47. The minimum atomic E-state index is 0.418. The Hall–Kier alpha value is -1.13. The molecule has 0 unspecified atom stereocenters. The molecule has 0 radical (unpaired) electrons. The highest BCUT2D eigenvalue weighted by Gasteiger charge is 2.20. The molecule has 0 amide bonds. The van der Waals surface area contributed by atoms with Gasteiger partial charge in [-0.15, -0.1) is 0 Å². The number of methoxy groups -OCH3 is 1. The predicted octanol–water partition coefficient (Wildman–Crippen LogP) is 2.75. The van der Waals surface area contributed by atoms with E-state index < -0.39 is 0 Å². The quantitative estimate of drug-likeness (QED) is 0.874. The lowest BCUT2D eigenvalue weighted by molar-refractivity contribution is 0.0818. The van der Waals surface area contributed by atoms with E-state index in [1.54, 1.807) is 0 Å². The van der Waals surface area contributed by atoms with Crippen LogP contribution in [0.15, 0.2) is 12.3 Å². The van der Waals surface area contributed by atoms with Gasteiger partial charge < -0.3 is 15.0 Å². The molecule has 1 N–H and O–H groups in total. The van der Waals surface area contributed by atoms with Crippen LogP contribution in [0.4, 0.5) is 5.82 Å². The molecule has 4 heteroatoms. The van der Waals surface area contributed by atoms with E-state index in [1.165, 1.54) is 11.1 Å². The van der Waals surface area contributed by atoms with Gasteiger partial charge in [-0.2, -0.15) is 0 Å². The molecule has 0 bridgehead atoms. The molecule has 0 aliphatic carbocycles. The highest BCUT2D eigenvalue weighted by atomic mass is 16.5. The van der Waals surface area contributed by atoms with Gasteiger partial charge in [-0.05, 0) is 49.4 Å². The van der Waals surface area contributed by atoms with E-state index in [-0.39, 0.29) is 0 Å². The van der Waals surface area contributed by atoms with Crippen molar-refractivity contribution in [2.75, 3.05) is 31.6 Å². The van der Waals surface area contributed by atoms with E-state index in [0.29, 0.717) is 12.0 Å². The number of anilines is 1. The van der Waals surface area contributed by atoms with Crippen LogP contribution in [0.1, 0.15) is 37.8 Å². The highest BCUT2D eigenvalue weighted by Crippen LogP contribution is 2.23. The first kappa shape index (κ1) is 16.2. The van der Waals surface area contributed by atoms with Crippen LogP contribution in [-0.2, 0) is 11.3 Å². The maximum Gasteiger partial charge on any atom is 0.131 e. The molecule has 1 aromatic rings. The average molecular weight is 291 g/mol. The fourth-order valence-electron chi connectivity index (χ4n) is 2.86. The van der Waals surface area contributed by atoms with Gasteiger partial charge in [0.2, 0.25) is 0 Å². The molecule has 1 saturated heterocycles. The van der Waals surface area contributed by atoms with E-state index in [4.69, 9.17) is 9.72 Å². The zero-order valence-corrected chi connectivity index (χ0v) is 13.9. The number of rotatable bonds is 6. The second-order valence-corrected chi connectivity index (χ2v) is 6.43. The van der Waals surface area contributed by atoms with Crippen LogP contribution in [0.2, 0.25) is 0 Å². The van der Waals surface area contributed by atoms with E-state index in [9.17, 15) is 0 Å². The van der Waals surface area contributed by atoms with Crippen molar-refractivity contribution in [1.29, 1.82) is 0 Å². The number of nitrogens with one attached hydrogen (secondary N) is 1. The second kappa shape index (κ2) is 7.76. The summed E-state index contributed by atoms with van der Waals surface area (Å²) in [7, 11) is 1.81. The lowest BCUT2D eigenvalue weighted by Crippen LogP contribution is -2.37. The summed E-state index contributed by atoms with van der Waals surface area (Å²) in [6, 6.07) is 2.26.